The third kappa shape index (κ3) is 3.37. The Bertz CT molecular complexity index is 382. The second kappa shape index (κ2) is 6.18. The fraction of sp³-hybridized carbons (Fsp3) is 0.929. The molecule has 0 bridgehead atoms. The summed E-state index contributed by atoms with van der Waals surface area (Å²) in [6.07, 6.45) is -3.18. The maximum Gasteiger partial charge on any atom is 0.308 e. The van der Waals surface area contributed by atoms with Gasteiger partial charge in [0.1, 0.15) is 18.3 Å². The van der Waals surface area contributed by atoms with Crippen LogP contribution in [0.2, 0.25) is 0 Å². The van der Waals surface area contributed by atoms with Gasteiger partial charge in [-0.2, -0.15) is 0 Å². The van der Waals surface area contributed by atoms with Gasteiger partial charge in [0.05, 0.1) is 12.5 Å². The van der Waals surface area contributed by atoms with Gasteiger partial charge in [0.15, 0.2) is 18.2 Å². The van der Waals surface area contributed by atoms with Gasteiger partial charge < -0.3 is 28.8 Å². The van der Waals surface area contributed by atoms with Gasteiger partial charge in [0.25, 0.3) is 0 Å². The van der Waals surface area contributed by atoms with Crippen molar-refractivity contribution in [2.45, 2.75) is 64.2 Å². The van der Waals surface area contributed by atoms with Crippen LogP contribution in [0.1, 0.15) is 27.7 Å². The van der Waals surface area contributed by atoms with Crippen LogP contribution in [0, 0.1) is 5.92 Å². The number of rotatable bonds is 4. The number of ether oxygens (including phenoxy) is 5. The molecule has 0 aromatic heterocycles. The van der Waals surface area contributed by atoms with E-state index < -0.39 is 36.5 Å². The lowest BCUT2D eigenvalue weighted by Crippen LogP contribution is -2.59. The van der Waals surface area contributed by atoms with E-state index in [2.05, 4.69) is 0 Å². The highest BCUT2D eigenvalue weighted by Crippen LogP contribution is 2.38. The SMILES string of the molecule is CO[C@@H]1O[C@H](CO)[C@@H]2OC(C)(C)O[C@@H]2[C@H]1OC(=O)C(C)C. The topological polar surface area (TPSA) is 83.5 Å². The second-order valence-corrected chi connectivity index (χ2v) is 6.08. The zero-order valence-corrected chi connectivity index (χ0v) is 13.1. The predicted molar refractivity (Wildman–Crippen MR) is 71.3 cm³/mol. The first kappa shape index (κ1) is 16.6. The lowest BCUT2D eigenvalue weighted by molar-refractivity contribution is -0.279. The van der Waals surface area contributed by atoms with Gasteiger partial charge in [-0.1, -0.05) is 13.8 Å². The van der Waals surface area contributed by atoms with Crippen molar-refractivity contribution in [3.05, 3.63) is 0 Å². The van der Waals surface area contributed by atoms with Crippen molar-refractivity contribution >= 4 is 5.97 Å². The van der Waals surface area contributed by atoms with E-state index >= 15 is 0 Å². The molecule has 1 N–H and O–H groups in total. The molecule has 0 radical (unpaired) electrons. The highest BCUT2D eigenvalue weighted by molar-refractivity contribution is 5.71. The lowest BCUT2D eigenvalue weighted by atomic mass is 9.99. The van der Waals surface area contributed by atoms with E-state index in [9.17, 15) is 9.90 Å². The molecule has 2 saturated heterocycles. The van der Waals surface area contributed by atoms with E-state index in [1.54, 1.807) is 27.7 Å². The fourth-order valence-corrected chi connectivity index (χ4v) is 2.57. The highest BCUT2D eigenvalue weighted by Gasteiger charge is 2.56. The Morgan fingerprint density at radius 1 is 1.29 bits per heavy atom. The van der Waals surface area contributed by atoms with Gasteiger partial charge in [-0.15, -0.1) is 0 Å². The average molecular weight is 304 g/mol. The third-order valence-corrected chi connectivity index (χ3v) is 3.57. The summed E-state index contributed by atoms with van der Waals surface area (Å²) in [4.78, 5) is 11.9. The van der Waals surface area contributed by atoms with E-state index in [0.29, 0.717) is 0 Å². The number of hydrogen-bond acceptors (Lipinski definition) is 7. The van der Waals surface area contributed by atoms with Crippen molar-refractivity contribution in [3.63, 3.8) is 0 Å². The molecule has 2 fully saturated rings. The highest BCUT2D eigenvalue weighted by atomic mass is 16.8. The molecule has 2 rings (SSSR count). The molecule has 2 aliphatic rings. The smallest absolute Gasteiger partial charge is 0.308 e. The number of methoxy groups -OCH3 is 1. The average Bonchev–Trinajstić information content (AvgIpc) is 2.74. The Kier molecular flexibility index (Phi) is 4.89. The number of aliphatic hydroxyl groups is 1. The lowest BCUT2D eigenvalue weighted by Gasteiger charge is -2.40. The molecular weight excluding hydrogens is 280 g/mol. The number of esters is 1. The van der Waals surface area contributed by atoms with Crippen molar-refractivity contribution < 1.29 is 33.6 Å². The summed E-state index contributed by atoms with van der Waals surface area (Å²) in [7, 11) is 1.45. The fourth-order valence-electron chi connectivity index (χ4n) is 2.57. The van der Waals surface area contributed by atoms with Gasteiger partial charge in [0.2, 0.25) is 0 Å². The van der Waals surface area contributed by atoms with Crippen molar-refractivity contribution in [2.75, 3.05) is 13.7 Å². The van der Waals surface area contributed by atoms with Crippen LogP contribution in [0.4, 0.5) is 0 Å². The van der Waals surface area contributed by atoms with Crippen LogP contribution in [-0.2, 0) is 28.5 Å². The first-order valence-electron chi connectivity index (χ1n) is 7.14. The number of hydrogen-bond donors (Lipinski definition) is 1. The molecule has 0 spiro atoms. The summed E-state index contributed by atoms with van der Waals surface area (Å²) in [5, 5.41) is 9.45. The van der Waals surface area contributed by atoms with E-state index in [0.717, 1.165) is 0 Å². The summed E-state index contributed by atoms with van der Waals surface area (Å²) in [6.45, 7) is 6.80. The zero-order valence-electron chi connectivity index (χ0n) is 13.1. The molecule has 2 aliphatic heterocycles. The van der Waals surface area contributed by atoms with Crippen LogP contribution in [0.5, 0.6) is 0 Å². The quantitative estimate of drug-likeness (QED) is 0.754. The predicted octanol–water partition coefficient (Wildman–Crippen LogP) is 0.438. The molecule has 0 unspecified atom stereocenters. The van der Waals surface area contributed by atoms with Crippen molar-refractivity contribution in [3.8, 4) is 0 Å². The summed E-state index contributed by atoms with van der Waals surface area (Å²) >= 11 is 0. The van der Waals surface area contributed by atoms with Crippen LogP contribution in [-0.4, -0.2) is 61.3 Å². The Labute approximate surface area is 124 Å². The molecule has 122 valence electrons. The molecule has 2 heterocycles. The van der Waals surface area contributed by atoms with Crippen molar-refractivity contribution in [1.29, 1.82) is 0 Å². The van der Waals surface area contributed by atoms with Crippen molar-refractivity contribution in [2.24, 2.45) is 5.92 Å². The van der Waals surface area contributed by atoms with Gasteiger partial charge in [0, 0.05) is 7.11 Å². The standard InChI is InChI=1S/C14H24O7/c1-7(2)12(16)19-11-10-9(20-14(3,4)21-10)8(6-15)18-13(11)17-5/h7-11,13,15H,6H2,1-5H3/t8-,9+,10+,11-,13-/m1/s1. The number of fused-ring (bicyclic) bond motifs is 1. The number of aliphatic hydroxyl groups excluding tert-OH is 1. The van der Waals surface area contributed by atoms with Crippen LogP contribution in [0.15, 0.2) is 0 Å². The van der Waals surface area contributed by atoms with E-state index in [1.165, 1.54) is 7.11 Å². The second-order valence-electron chi connectivity index (χ2n) is 6.08. The summed E-state index contributed by atoms with van der Waals surface area (Å²) < 4.78 is 28.0. The normalized spacial score (nSPS) is 38.3. The monoisotopic (exact) mass is 304 g/mol. The molecule has 0 saturated carbocycles. The summed E-state index contributed by atoms with van der Waals surface area (Å²) in [6, 6.07) is 0. The van der Waals surface area contributed by atoms with Crippen LogP contribution in [0.3, 0.4) is 0 Å². The molecule has 0 aromatic carbocycles. The Balaban J connectivity index is 2.22. The van der Waals surface area contributed by atoms with Gasteiger partial charge in [-0.25, -0.2) is 0 Å². The number of carbonyl (C=O) groups is 1. The molecule has 7 heteroatoms. The minimum Gasteiger partial charge on any atom is -0.454 e. The maximum absolute atomic E-state index is 11.9. The van der Waals surface area contributed by atoms with Crippen LogP contribution >= 0.6 is 0 Å². The van der Waals surface area contributed by atoms with Crippen molar-refractivity contribution in [1.82, 2.24) is 0 Å². The third-order valence-electron chi connectivity index (χ3n) is 3.57. The Morgan fingerprint density at radius 3 is 2.43 bits per heavy atom. The Morgan fingerprint density at radius 2 is 1.90 bits per heavy atom. The van der Waals surface area contributed by atoms with Gasteiger partial charge in [-0.05, 0) is 13.8 Å². The largest absolute Gasteiger partial charge is 0.454 e. The molecule has 0 aromatic rings. The minimum atomic E-state index is -0.836. The van der Waals surface area contributed by atoms with Gasteiger partial charge in [-0.3, -0.25) is 4.79 Å². The maximum atomic E-state index is 11.9. The molecule has 7 nitrogen and oxygen atoms in total. The molecule has 21 heavy (non-hydrogen) atoms. The van der Waals surface area contributed by atoms with Gasteiger partial charge >= 0.3 is 5.97 Å². The zero-order chi connectivity index (χ0) is 15.8. The number of carbonyl (C=O) groups excluding carboxylic acids is 1. The van der Waals surface area contributed by atoms with E-state index in [-0.39, 0.29) is 18.5 Å². The van der Waals surface area contributed by atoms with E-state index in [1.807, 2.05) is 0 Å². The first-order valence-corrected chi connectivity index (χ1v) is 7.14. The van der Waals surface area contributed by atoms with Crippen LogP contribution < -0.4 is 0 Å². The first-order chi connectivity index (χ1) is 9.79. The van der Waals surface area contributed by atoms with Crippen LogP contribution in [0.25, 0.3) is 0 Å². The Hall–Kier alpha value is -0.730. The molecule has 0 aliphatic carbocycles. The summed E-state index contributed by atoms with van der Waals surface area (Å²) in [5.41, 5.74) is 0. The molecule has 0 amide bonds. The summed E-state index contributed by atoms with van der Waals surface area (Å²) in [5.74, 6) is -1.47. The van der Waals surface area contributed by atoms with E-state index in [4.69, 9.17) is 23.7 Å². The molecule has 5 atom stereocenters. The minimum absolute atomic E-state index is 0.231. The molecular formula is C14H24O7.